The van der Waals surface area contributed by atoms with E-state index in [4.69, 9.17) is 0 Å². The summed E-state index contributed by atoms with van der Waals surface area (Å²) in [7, 11) is 0. The highest BCUT2D eigenvalue weighted by Crippen LogP contribution is 2.49. The minimum absolute atomic E-state index is 0.587. The molecule has 74 valence electrons. The molecular weight excluding hydrogens is 156 g/mol. The topological polar surface area (TPSA) is 0 Å². The van der Waals surface area contributed by atoms with Crippen molar-refractivity contribution in [3.8, 4) is 0 Å². The van der Waals surface area contributed by atoms with Crippen LogP contribution in [0.5, 0.6) is 0 Å². The average Bonchev–Trinajstić information content (AvgIpc) is 2.06. The van der Waals surface area contributed by atoms with Crippen molar-refractivity contribution < 1.29 is 0 Å². The van der Waals surface area contributed by atoms with Gasteiger partial charge in [-0.2, -0.15) is 0 Å². The van der Waals surface area contributed by atoms with Crippen molar-refractivity contribution in [1.82, 2.24) is 0 Å². The minimum Gasteiger partial charge on any atom is -0.0845 e. The predicted octanol–water partition coefficient (Wildman–Crippen LogP) is 4.17. The van der Waals surface area contributed by atoms with Crippen LogP contribution >= 0.6 is 0 Å². The normalized spacial score (nSPS) is 45.3. The lowest BCUT2D eigenvalue weighted by atomic mass is 9.62. The molecule has 3 atom stereocenters. The van der Waals surface area contributed by atoms with E-state index >= 15 is 0 Å². The maximum Gasteiger partial charge on any atom is -0.0114 e. The quantitative estimate of drug-likeness (QED) is 0.488. The van der Waals surface area contributed by atoms with Crippen molar-refractivity contribution in [3.63, 3.8) is 0 Å². The molecule has 0 amide bonds. The van der Waals surface area contributed by atoms with Crippen LogP contribution in [-0.2, 0) is 0 Å². The molecule has 1 saturated carbocycles. The fourth-order valence-corrected chi connectivity index (χ4v) is 3.21. The number of fused-ring (bicyclic) bond motifs is 1. The Morgan fingerprint density at radius 1 is 1.31 bits per heavy atom. The molecule has 0 heterocycles. The number of hydrogen-bond acceptors (Lipinski definition) is 0. The van der Waals surface area contributed by atoms with Crippen molar-refractivity contribution in [3.05, 3.63) is 11.6 Å². The van der Waals surface area contributed by atoms with Crippen molar-refractivity contribution in [2.24, 2.45) is 17.3 Å². The Balaban J connectivity index is 2.20. The van der Waals surface area contributed by atoms with Gasteiger partial charge in [0.25, 0.3) is 0 Å². The summed E-state index contributed by atoms with van der Waals surface area (Å²) in [6.07, 6.45) is 9.57. The van der Waals surface area contributed by atoms with Crippen molar-refractivity contribution >= 4 is 0 Å². The molecular formula is C13H22. The van der Waals surface area contributed by atoms with Crippen molar-refractivity contribution in [1.29, 1.82) is 0 Å². The molecule has 0 aliphatic heterocycles. The number of hydrogen-bond donors (Lipinski definition) is 0. The van der Waals surface area contributed by atoms with Crippen molar-refractivity contribution in [2.45, 2.75) is 52.9 Å². The van der Waals surface area contributed by atoms with Crippen LogP contribution in [0.4, 0.5) is 0 Å². The summed E-state index contributed by atoms with van der Waals surface area (Å²) in [6.45, 7) is 7.29. The smallest absolute Gasteiger partial charge is 0.0114 e. The van der Waals surface area contributed by atoms with Gasteiger partial charge in [-0.25, -0.2) is 0 Å². The maximum absolute atomic E-state index is 2.55. The Morgan fingerprint density at radius 2 is 2.08 bits per heavy atom. The molecule has 0 heteroatoms. The zero-order valence-electron chi connectivity index (χ0n) is 9.27. The fraction of sp³-hybridized carbons (Fsp3) is 0.846. The third-order valence-electron chi connectivity index (χ3n) is 4.10. The molecule has 0 bridgehead atoms. The van der Waals surface area contributed by atoms with Gasteiger partial charge in [0.1, 0.15) is 0 Å². The molecule has 2 aliphatic rings. The van der Waals surface area contributed by atoms with Crippen LogP contribution in [0.1, 0.15) is 52.9 Å². The first-order valence-corrected chi connectivity index (χ1v) is 5.80. The Morgan fingerprint density at radius 3 is 2.85 bits per heavy atom. The summed E-state index contributed by atoms with van der Waals surface area (Å²) in [6, 6.07) is 0. The summed E-state index contributed by atoms with van der Waals surface area (Å²) in [5.74, 6) is 1.86. The van der Waals surface area contributed by atoms with E-state index in [1.54, 1.807) is 5.57 Å². The Kier molecular flexibility index (Phi) is 2.25. The van der Waals surface area contributed by atoms with Gasteiger partial charge in [0, 0.05) is 0 Å². The molecule has 2 rings (SSSR count). The predicted molar refractivity (Wildman–Crippen MR) is 57.6 cm³/mol. The van der Waals surface area contributed by atoms with Crippen LogP contribution in [0, 0.1) is 17.3 Å². The summed E-state index contributed by atoms with van der Waals surface area (Å²) in [4.78, 5) is 0. The summed E-state index contributed by atoms with van der Waals surface area (Å²) >= 11 is 0. The van der Waals surface area contributed by atoms with Gasteiger partial charge in [-0.3, -0.25) is 0 Å². The van der Waals surface area contributed by atoms with Crippen LogP contribution in [0.3, 0.4) is 0 Å². The lowest BCUT2D eigenvalue weighted by molar-refractivity contribution is 0.198. The van der Waals surface area contributed by atoms with Gasteiger partial charge in [0.15, 0.2) is 0 Å². The molecule has 13 heavy (non-hydrogen) atoms. The first-order chi connectivity index (χ1) is 6.10. The molecule has 0 radical (unpaired) electrons. The maximum atomic E-state index is 2.55. The second kappa shape index (κ2) is 3.15. The van der Waals surface area contributed by atoms with Crippen LogP contribution < -0.4 is 0 Å². The van der Waals surface area contributed by atoms with Gasteiger partial charge >= 0.3 is 0 Å². The largest absolute Gasteiger partial charge is 0.0845 e. The van der Waals surface area contributed by atoms with Crippen LogP contribution in [0.2, 0.25) is 0 Å². The molecule has 0 N–H and O–H groups in total. The van der Waals surface area contributed by atoms with E-state index in [9.17, 15) is 0 Å². The van der Waals surface area contributed by atoms with Gasteiger partial charge in [0.05, 0.1) is 0 Å². The lowest BCUT2D eigenvalue weighted by Gasteiger charge is -2.43. The minimum atomic E-state index is 0.587. The molecule has 0 aromatic heterocycles. The van der Waals surface area contributed by atoms with Crippen molar-refractivity contribution in [2.75, 3.05) is 0 Å². The number of allylic oxidation sites excluding steroid dienone is 2. The molecule has 1 unspecified atom stereocenters. The van der Waals surface area contributed by atoms with Crippen LogP contribution in [0.25, 0.3) is 0 Å². The lowest BCUT2D eigenvalue weighted by Crippen LogP contribution is -2.31. The average molecular weight is 178 g/mol. The Labute approximate surface area is 82.4 Å². The van der Waals surface area contributed by atoms with Gasteiger partial charge in [-0.05, 0) is 49.4 Å². The highest BCUT2D eigenvalue weighted by molar-refractivity contribution is 5.19. The monoisotopic (exact) mass is 178 g/mol. The van der Waals surface area contributed by atoms with E-state index in [2.05, 4.69) is 26.8 Å². The first kappa shape index (κ1) is 9.30. The molecule has 0 nitrogen and oxygen atoms in total. The molecule has 0 aromatic rings. The SMILES string of the molecule is CC1CC=C2C[C@@H](C)CC[C@]2(C)C1. The van der Waals surface area contributed by atoms with E-state index in [0.29, 0.717) is 5.41 Å². The van der Waals surface area contributed by atoms with Crippen LogP contribution in [-0.4, -0.2) is 0 Å². The summed E-state index contributed by atoms with van der Waals surface area (Å²) < 4.78 is 0. The fourth-order valence-electron chi connectivity index (χ4n) is 3.21. The summed E-state index contributed by atoms with van der Waals surface area (Å²) in [5, 5.41) is 0. The molecule has 0 spiro atoms. The van der Waals surface area contributed by atoms with Gasteiger partial charge in [-0.15, -0.1) is 0 Å². The van der Waals surface area contributed by atoms with Gasteiger partial charge < -0.3 is 0 Å². The Hall–Kier alpha value is -0.260. The molecule has 0 saturated heterocycles. The number of rotatable bonds is 0. The third kappa shape index (κ3) is 1.68. The molecule has 2 aliphatic carbocycles. The van der Waals surface area contributed by atoms with Gasteiger partial charge in [-0.1, -0.05) is 32.4 Å². The van der Waals surface area contributed by atoms with E-state index in [0.717, 1.165) is 11.8 Å². The molecule has 0 aromatic carbocycles. The zero-order chi connectivity index (χ0) is 9.47. The summed E-state index contributed by atoms with van der Waals surface area (Å²) in [5.41, 5.74) is 2.37. The highest BCUT2D eigenvalue weighted by atomic mass is 14.4. The second-order valence-electron chi connectivity index (χ2n) is 5.68. The van der Waals surface area contributed by atoms with E-state index in [-0.39, 0.29) is 0 Å². The third-order valence-corrected chi connectivity index (χ3v) is 4.10. The van der Waals surface area contributed by atoms with E-state index in [1.807, 2.05) is 0 Å². The van der Waals surface area contributed by atoms with Crippen LogP contribution in [0.15, 0.2) is 11.6 Å². The van der Waals surface area contributed by atoms with E-state index in [1.165, 1.54) is 32.1 Å². The van der Waals surface area contributed by atoms with E-state index < -0.39 is 0 Å². The standard InChI is InChI=1S/C13H22/c1-10-6-7-13(3)9-11(2)4-5-12(13)8-10/h5,10-11H,4,6-9H2,1-3H3/t10-,11?,13+/m0/s1. The Bertz CT molecular complexity index is 226. The zero-order valence-corrected chi connectivity index (χ0v) is 9.27. The van der Waals surface area contributed by atoms with Gasteiger partial charge in [0.2, 0.25) is 0 Å². The molecule has 1 fully saturated rings. The highest BCUT2D eigenvalue weighted by Gasteiger charge is 2.36. The second-order valence-corrected chi connectivity index (χ2v) is 5.68. The first-order valence-electron chi connectivity index (χ1n) is 5.80.